The summed E-state index contributed by atoms with van der Waals surface area (Å²) in [5.74, 6) is 0.597. The van der Waals surface area contributed by atoms with Crippen molar-refractivity contribution in [3.63, 3.8) is 0 Å². The van der Waals surface area contributed by atoms with Crippen molar-refractivity contribution in [1.82, 2.24) is 25.5 Å². The van der Waals surface area contributed by atoms with Gasteiger partial charge >= 0.3 is 6.18 Å². The molecule has 1 N–H and O–H groups in total. The number of nitrogens with zero attached hydrogens (tertiary/aromatic N) is 5. The number of tetrazole rings is 1. The second-order valence-electron chi connectivity index (χ2n) is 10.8. The smallest absolute Gasteiger partial charge is 0.469 e. The third-order valence-electron chi connectivity index (χ3n) is 7.94. The lowest BCUT2D eigenvalue weighted by Gasteiger charge is -2.43. The number of hydrogen-bond donors (Lipinski definition) is 1. The highest BCUT2D eigenvalue weighted by atomic mass is 19.4. The summed E-state index contributed by atoms with van der Waals surface area (Å²) in [4.78, 5) is 1.69. The normalized spacial score (nSPS) is 20.7. The standard InChI is InChI=1S/C29H35F3N6O/c1-2-3-13-26-27(29(30,31)32)38(39,19-22-9-5-4-6-10-22)20-37(26)18-21-14-16-23(17-15-21)24-11-7-8-12-25(24)28-33-35-36-34-28/h7-8,11-12,14-17,22H,2-6,9-10,13,18-20H2,1H3,(H,33,34,35,36). The van der Waals surface area contributed by atoms with Gasteiger partial charge in [-0.15, -0.1) is 5.10 Å². The number of allylic oxidation sites excluding steroid dienone is 2. The topological polar surface area (TPSA) is 80.8 Å². The molecule has 0 saturated heterocycles. The average molecular weight is 541 g/mol. The van der Waals surface area contributed by atoms with Crippen molar-refractivity contribution in [2.45, 2.75) is 71.0 Å². The molecular formula is C29H35F3N6O. The van der Waals surface area contributed by atoms with E-state index in [1.165, 1.54) is 0 Å². The maximum atomic E-state index is 14.5. The van der Waals surface area contributed by atoms with Gasteiger partial charge in [0.2, 0.25) is 5.70 Å². The molecule has 7 nitrogen and oxygen atoms in total. The highest BCUT2D eigenvalue weighted by molar-refractivity contribution is 5.80. The molecule has 3 aromatic rings. The Balaban J connectivity index is 1.42. The number of alkyl halides is 3. The highest BCUT2D eigenvalue weighted by Crippen LogP contribution is 2.45. The van der Waals surface area contributed by atoms with E-state index in [1.807, 2.05) is 55.5 Å². The van der Waals surface area contributed by atoms with Gasteiger partial charge in [0.1, 0.15) is 0 Å². The van der Waals surface area contributed by atoms with Gasteiger partial charge in [-0.3, -0.25) is 0 Å². The largest absolute Gasteiger partial charge is 0.626 e. The van der Waals surface area contributed by atoms with Gasteiger partial charge in [-0.2, -0.15) is 13.2 Å². The first-order valence-electron chi connectivity index (χ1n) is 13.8. The number of unbranched alkanes of at least 4 members (excludes halogenated alkanes) is 1. The number of H-pyrrole nitrogens is 1. The summed E-state index contributed by atoms with van der Waals surface area (Å²) >= 11 is 0. The Hall–Kier alpha value is -3.24. The van der Waals surface area contributed by atoms with Gasteiger partial charge < -0.3 is 14.8 Å². The zero-order chi connectivity index (χ0) is 27.5. The Labute approximate surface area is 226 Å². The summed E-state index contributed by atoms with van der Waals surface area (Å²) in [5, 5.41) is 28.2. The van der Waals surface area contributed by atoms with Crippen LogP contribution in [0.4, 0.5) is 13.2 Å². The Morgan fingerprint density at radius 2 is 1.74 bits per heavy atom. The van der Waals surface area contributed by atoms with Crippen LogP contribution in [0, 0.1) is 11.1 Å². The summed E-state index contributed by atoms with van der Waals surface area (Å²) < 4.78 is 42.1. The van der Waals surface area contributed by atoms with Crippen LogP contribution in [0.15, 0.2) is 59.9 Å². The third-order valence-corrected chi connectivity index (χ3v) is 7.94. The molecule has 1 aliphatic heterocycles. The van der Waals surface area contributed by atoms with E-state index in [-0.39, 0.29) is 37.8 Å². The summed E-state index contributed by atoms with van der Waals surface area (Å²) in [6, 6.07) is 15.5. The van der Waals surface area contributed by atoms with Crippen LogP contribution in [0.3, 0.4) is 0 Å². The predicted octanol–water partition coefficient (Wildman–Crippen LogP) is 7.17. The molecule has 0 spiro atoms. The molecule has 10 heteroatoms. The first-order chi connectivity index (χ1) is 18.8. The quantitative estimate of drug-likeness (QED) is 0.230. The van der Waals surface area contributed by atoms with Crippen LogP contribution in [-0.2, 0) is 6.54 Å². The Kier molecular flexibility index (Phi) is 8.04. The second kappa shape index (κ2) is 11.5. The molecule has 1 unspecified atom stereocenters. The predicted molar refractivity (Wildman–Crippen MR) is 143 cm³/mol. The van der Waals surface area contributed by atoms with Gasteiger partial charge in [-0.25, -0.2) is 5.10 Å². The number of nitrogens with one attached hydrogen (secondary N) is 1. The van der Waals surface area contributed by atoms with Crippen molar-refractivity contribution in [3.05, 3.63) is 70.7 Å². The number of aromatic nitrogens is 4. The van der Waals surface area contributed by atoms with Crippen LogP contribution >= 0.6 is 0 Å². The number of halogens is 3. The molecular weight excluding hydrogens is 505 g/mol. The number of quaternary nitrogens is 1. The molecule has 39 heavy (non-hydrogen) atoms. The van der Waals surface area contributed by atoms with Crippen molar-refractivity contribution < 1.29 is 17.8 Å². The zero-order valence-electron chi connectivity index (χ0n) is 22.3. The third kappa shape index (κ3) is 6.01. The zero-order valence-corrected chi connectivity index (χ0v) is 22.3. The Bertz CT molecular complexity index is 1270. The van der Waals surface area contributed by atoms with Crippen LogP contribution in [0.1, 0.15) is 63.9 Å². The van der Waals surface area contributed by atoms with Crippen molar-refractivity contribution in [1.29, 1.82) is 0 Å². The van der Waals surface area contributed by atoms with Crippen molar-refractivity contribution in [3.8, 4) is 22.5 Å². The van der Waals surface area contributed by atoms with Crippen molar-refractivity contribution in [2.24, 2.45) is 5.92 Å². The number of rotatable bonds is 9. The fourth-order valence-corrected chi connectivity index (χ4v) is 6.14. The van der Waals surface area contributed by atoms with Crippen LogP contribution in [0.5, 0.6) is 0 Å². The minimum atomic E-state index is -4.66. The van der Waals surface area contributed by atoms with Gasteiger partial charge in [-0.1, -0.05) is 81.1 Å². The Morgan fingerprint density at radius 1 is 1.03 bits per heavy atom. The van der Waals surface area contributed by atoms with E-state index in [0.29, 0.717) is 12.2 Å². The van der Waals surface area contributed by atoms with Gasteiger partial charge in [-0.05, 0) is 52.8 Å². The molecule has 2 heterocycles. The summed E-state index contributed by atoms with van der Waals surface area (Å²) in [7, 11) is 0. The lowest BCUT2D eigenvalue weighted by atomic mass is 9.88. The van der Waals surface area contributed by atoms with E-state index in [2.05, 4.69) is 20.6 Å². The maximum absolute atomic E-state index is 14.5. The molecule has 0 radical (unpaired) electrons. The molecule has 1 fully saturated rings. The fourth-order valence-electron chi connectivity index (χ4n) is 6.14. The van der Waals surface area contributed by atoms with E-state index in [1.54, 1.807) is 4.90 Å². The highest BCUT2D eigenvalue weighted by Gasteiger charge is 2.54. The molecule has 5 rings (SSSR count). The molecule has 1 aromatic heterocycles. The van der Waals surface area contributed by atoms with Crippen LogP contribution in [-0.4, -0.2) is 49.6 Å². The lowest BCUT2D eigenvalue weighted by molar-refractivity contribution is -0.857. The molecule has 0 bridgehead atoms. The molecule has 1 atom stereocenters. The second-order valence-corrected chi connectivity index (χ2v) is 10.8. The minimum Gasteiger partial charge on any atom is -0.626 e. The van der Waals surface area contributed by atoms with Gasteiger partial charge in [0.25, 0.3) is 0 Å². The number of hydrogen-bond acceptors (Lipinski definition) is 5. The first kappa shape index (κ1) is 27.3. The Morgan fingerprint density at radius 3 is 2.38 bits per heavy atom. The van der Waals surface area contributed by atoms with Gasteiger partial charge in [0, 0.05) is 18.0 Å². The summed E-state index contributed by atoms with van der Waals surface area (Å²) in [6.45, 7) is 2.04. The molecule has 1 aliphatic carbocycles. The summed E-state index contributed by atoms with van der Waals surface area (Å²) in [5.41, 5.74) is 2.88. The molecule has 1 saturated carbocycles. The maximum Gasteiger partial charge on any atom is 0.469 e. The van der Waals surface area contributed by atoms with E-state index in [9.17, 15) is 18.4 Å². The van der Waals surface area contributed by atoms with E-state index in [0.717, 1.165) is 60.8 Å². The summed E-state index contributed by atoms with van der Waals surface area (Å²) in [6.07, 6.45) is 1.73. The minimum absolute atomic E-state index is 0.00713. The van der Waals surface area contributed by atoms with Crippen LogP contribution in [0.25, 0.3) is 22.5 Å². The molecule has 208 valence electrons. The molecule has 0 amide bonds. The van der Waals surface area contributed by atoms with E-state index in [4.69, 9.17) is 0 Å². The van der Waals surface area contributed by atoms with Gasteiger partial charge in [0.15, 0.2) is 12.5 Å². The monoisotopic (exact) mass is 540 g/mol. The average Bonchev–Trinajstić information content (AvgIpc) is 3.55. The molecule has 2 aromatic carbocycles. The van der Waals surface area contributed by atoms with E-state index >= 15 is 0 Å². The SMILES string of the molecule is CCCCC1=C(C(F)(F)F)[N+]([O-])(CC2CCCCC2)CN1Cc1ccc(-c2ccccc2-c2nnn[nH]2)cc1. The number of benzene rings is 2. The fraction of sp³-hybridized carbons (Fsp3) is 0.483. The lowest BCUT2D eigenvalue weighted by Crippen LogP contribution is -2.49. The van der Waals surface area contributed by atoms with Gasteiger partial charge in [0.05, 0.1) is 12.2 Å². The molecule has 2 aliphatic rings. The van der Waals surface area contributed by atoms with E-state index < -0.39 is 16.5 Å². The van der Waals surface area contributed by atoms with Crippen molar-refractivity contribution in [2.75, 3.05) is 13.2 Å². The van der Waals surface area contributed by atoms with Crippen LogP contribution < -0.4 is 0 Å². The van der Waals surface area contributed by atoms with Crippen LogP contribution in [0.2, 0.25) is 0 Å². The first-order valence-corrected chi connectivity index (χ1v) is 13.8. The number of hydroxylamine groups is 3. The number of aromatic amines is 1. The van der Waals surface area contributed by atoms with Crippen molar-refractivity contribution >= 4 is 0 Å².